The van der Waals surface area contributed by atoms with E-state index in [1.165, 1.54) is 17.1 Å². The number of benzene rings is 1. The lowest BCUT2D eigenvalue weighted by Crippen LogP contribution is -2.66. The fourth-order valence-electron chi connectivity index (χ4n) is 3.01. The Hall–Kier alpha value is -1.17. The maximum Gasteiger partial charge on any atom is 0.183 e. The van der Waals surface area contributed by atoms with E-state index < -0.39 is 37.3 Å². The molecule has 9 heteroatoms. The van der Waals surface area contributed by atoms with Crippen LogP contribution in [-0.2, 0) is 4.74 Å². The first-order valence-corrected chi connectivity index (χ1v) is 7.35. The zero-order valence-electron chi connectivity index (χ0n) is 12.2. The van der Waals surface area contributed by atoms with Crippen LogP contribution in [0.15, 0.2) is 24.3 Å². The van der Waals surface area contributed by atoms with Gasteiger partial charge in [-0.2, -0.15) is 5.53 Å². The van der Waals surface area contributed by atoms with Gasteiger partial charge in [-0.3, -0.25) is 0 Å². The number of halogens is 1. The van der Waals surface area contributed by atoms with Gasteiger partial charge in [-0.15, -0.1) is 0 Å². The minimum atomic E-state index is -1.52. The molecule has 0 aliphatic carbocycles. The third-order valence-corrected chi connectivity index (χ3v) is 4.24. The van der Waals surface area contributed by atoms with Crippen LogP contribution >= 0.6 is 0 Å². The minimum absolute atomic E-state index is 0.266. The average molecular weight is 329 g/mol. The lowest BCUT2D eigenvalue weighted by atomic mass is 9.95. The number of aliphatic hydroxyl groups is 4. The van der Waals surface area contributed by atoms with E-state index in [9.17, 15) is 24.8 Å². The molecule has 2 heterocycles. The van der Waals surface area contributed by atoms with Crippen LogP contribution in [0.25, 0.3) is 0 Å². The number of nitrogens with one attached hydrogen (secondary N) is 2. The second-order valence-electron chi connectivity index (χ2n) is 5.74. The van der Waals surface area contributed by atoms with Crippen LogP contribution in [0.1, 0.15) is 11.6 Å². The summed E-state index contributed by atoms with van der Waals surface area (Å²) < 4.78 is 18.3. The van der Waals surface area contributed by atoms with Crippen LogP contribution in [0.3, 0.4) is 0 Å². The second-order valence-corrected chi connectivity index (χ2v) is 5.74. The van der Waals surface area contributed by atoms with Gasteiger partial charge in [0.2, 0.25) is 0 Å². The molecule has 1 unspecified atom stereocenters. The monoisotopic (exact) mass is 329 g/mol. The first-order valence-electron chi connectivity index (χ1n) is 7.35. The molecule has 0 spiro atoms. The van der Waals surface area contributed by atoms with Gasteiger partial charge in [0.15, 0.2) is 6.29 Å². The minimum Gasteiger partial charge on any atom is -0.394 e. The Morgan fingerprint density at radius 1 is 1.26 bits per heavy atom. The van der Waals surface area contributed by atoms with Crippen LogP contribution in [0.5, 0.6) is 0 Å². The largest absolute Gasteiger partial charge is 0.394 e. The maximum atomic E-state index is 13.3. The maximum absolute atomic E-state index is 13.3. The highest BCUT2D eigenvalue weighted by Crippen LogP contribution is 2.27. The average Bonchev–Trinajstić information content (AvgIpc) is 3.01. The molecule has 2 aliphatic heterocycles. The molecule has 1 aromatic carbocycles. The normalized spacial score (nSPS) is 38.8. The summed E-state index contributed by atoms with van der Waals surface area (Å²) in [5, 5.41) is 40.8. The van der Waals surface area contributed by atoms with Crippen molar-refractivity contribution < 1.29 is 29.6 Å². The van der Waals surface area contributed by atoms with E-state index in [4.69, 9.17) is 4.74 Å². The summed E-state index contributed by atoms with van der Waals surface area (Å²) >= 11 is 0. The van der Waals surface area contributed by atoms with Crippen molar-refractivity contribution in [1.82, 2.24) is 16.0 Å². The van der Waals surface area contributed by atoms with Gasteiger partial charge in [0.05, 0.1) is 18.7 Å². The van der Waals surface area contributed by atoms with Crippen molar-refractivity contribution >= 4 is 0 Å². The molecule has 23 heavy (non-hydrogen) atoms. The number of rotatable bonds is 3. The van der Waals surface area contributed by atoms with E-state index in [1.54, 1.807) is 12.1 Å². The van der Waals surface area contributed by atoms with Crippen LogP contribution in [0.4, 0.5) is 4.39 Å². The van der Waals surface area contributed by atoms with Gasteiger partial charge >= 0.3 is 0 Å². The molecule has 8 nitrogen and oxygen atoms in total. The number of hydrazine groups is 2. The Bertz CT molecular complexity index is 551. The van der Waals surface area contributed by atoms with Crippen molar-refractivity contribution in [1.29, 1.82) is 0 Å². The van der Waals surface area contributed by atoms with Gasteiger partial charge in [0, 0.05) is 6.54 Å². The Kier molecular flexibility index (Phi) is 4.90. The van der Waals surface area contributed by atoms with Crippen molar-refractivity contribution in [2.45, 2.75) is 36.7 Å². The quantitative estimate of drug-likeness (QED) is 0.377. The molecule has 1 aromatic rings. The molecular weight excluding hydrogens is 309 g/mol. The summed E-state index contributed by atoms with van der Waals surface area (Å²) in [5.41, 5.74) is 6.46. The van der Waals surface area contributed by atoms with E-state index in [0.717, 1.165) is 0 Å². The Balaban J connectivity index is 1.74. The highest BCUT2D eigenvalue weighted by Gasteiger charge is 2.48. The summed E-state index contributed by atoms with van der Waals surface area (Å²) in [5.74, 6) is -0.357. The zero-order valence-corrected chi connectivity index (χ0v) is 12.2. The third-order valence-electron chi connectivity index (χ3n) is 4.24. The molecule has 0 bridgehead atoms. The third kappa shape index (κ3) is 3.23. The van der Waals surface area contributed by atoms with Crippen molar-refractivity contribution in [3.63, 3.8) is 0 Å². The van der Waals surface area contributed by atoms with E-state index in [0.29, 0.717) is 12.1 Å². The first-order chi connectivity index (χ1) is 11.0. The Morgan fingerprint density at radius 2 is 2.04 bits per heavy atom. The SMILES string of the molecule is OC[C@H]1O[C@H](O)[C@H](O)[C@@H](N2CC(c3cccc(F)c3)NN2)[C@H]1O. The van der Waals surface area contributed by atoms with Crippen molar-refractivity contribution in [2.75, 3.05) is 13.2 Å². The fraction of sp³-hybridized carbons (Fsp3) is 0.571. The number of aliphatic hydroxyl groups excluding tert-OH is 4. The van der Waals surface area contributed by atoms with Crippen LogP contribution in [0.2, 0.25) is 0 Å². The predicted octanol–water partition coefficient (Wildman–Crippen LogP) is -2.01. The van der Waals surface area contributed by atoms with E-state index in [1.807, 2.05) is 0 Å². The van der Waals surface area contributed by atoms with Gasteiger partial charge in [-0.25, -0.2) is 14.8 Å². The topological polar surface area (TPSA) is 117 Å². The van der Waals surface area contributed by atoms with Crippen molar-refractivity contribution in [3.8, 4) is 0 Å². The van der Waals surface area contributed by atoms with E-state index in [2.05, 4.69) is 11.0 Å². The molecule has 6 N–H and O–H groups in total. The number of hydrogen-bond donors (Lipinski definition) is 6. The molecule has 0 radical (unpaired) electrons. The van der Waals surface area contributed by atoms with Gasteiger partial charge in [-0.1, -0.05) is 12.1 Å². The van der Waals surface area contributed by atoms with Gasteiger partial charge in [0.25, 0.3) is 0 Å². The highest BCUT2D eigenvalue weighted by atomic mass is 19.1. The van der Waals surface area contributed by atoms with Crippen molar-refractivity contribution in [2.24, 2.45) is 0 Å². The predicted molar refractivity (Wildman–Crippen MR) is 75.9 cm³/mol. The number of ether oxygens (including phenoxy) is 1. The van der Waals surface area contributed by atoms with E-state index >= 15 is 0 Å². The zero-order chi connectivity index (χ0) is 16.6. The Morgan fingerprint density at radius 3 is 2.74 bits per heavy atom. The molecule has 2 fully saturated rings. The van der Waals surface area contributed by atoms with Crippen LogP contribution < -0.4 is 11.0 Å². The first kappa shape index (κ1) is 16.7. The lowest BCUT2D eigenvalue weighted by Gasteiger charge is -2.43. The van der Waals surface area contributed by atoms with Crippen LogP contribution in [0, 0.1) is 5.82 Å². The number of nitrogens with zero attached hydrogens (tertiary/aromatic N) is 1. The molecular formula is C14H20FN3O5. The molecule has 2 aliphatic rings. The van der Waals surface area contributed by atoms with Crippen LogP contribution in [-0.4, -0.2) is 69.2 Å². The molecule has 0 amide bonds. The second kappa shape index (κ2) is 6.75. The number of hydrogen-bond acceptors (Lipinski definition) is 8. The molecule has 6 atom stereocenters. The molecule has 128 valence electrons. The van der Waals surface area contributed by atoms with Gasteiger partial charge in [0.1, 0.15) is 24.1 Å². The van der Waals surface area contributed by atoms with Gasteiger partial charge in [-0.05, 0) is 17.7 Å². The summed E-state index contributed by atoms with van der Waals surface area (Å²) in [6, 6.07) is 4.93. The lowest BCUT2D eigenvalue weighted by molar-refractivity contribution is -0.278. The summed E-state index contributed by atoms with van der Waals surface area (Å²) in [6.45, 7) is -0.177. The summed E-state index contributed by atoms with van der Waals surface area (Å²) in [4.78, 5) is 0. The highest BCUT2D eigenvalue weighted by molar-refractivity contribution is 5.21. The summed E-state index contributed by atoms with van der Waals surface area (Å²) in [6.07, 6.45) is -5.10. The Labute approximate surface area is 132 Å². The standard InChI is InChI=1S/C14H20FN3O5/c15-8-3-1-2-7(4-8)9-5-18(17-16-9)11-12(20)10(6-19)23-14(22)13(11)21/h1-4,9-14,16-17,19-22H,5-6H2/t9?,10-,11+,12+,13-,14+/m1/s1. The molecule has 0 saturated carbocycles. The molecule has 2 saturated heterocycles. The van der Waals surface area contributed by atoms with E-state index in [-0.39, 0.29) is 11.9 Å². The molecule has 3 rings (SSSR count). The smallest absolute Gasteiger partial charge is 0.183 e. The van der Waals surface area contributed by atoms with Gasteiger partial charge < -0.3 is 25.2 Å². The fourth-order valence-corrected chi connectivity index (χ4v) is 3.01. The summed E-state index contributed by atoms with van der Waals surface area (Å²) in [7, 11) is 0. The molecule has 0 aromatic heterocycles. The van der Waals surface area contributed by atoms with Crippen molar-refractivity contribution in [3.05, 3.63) is 35.6 Å².